The minimum atomic E-state index is -0.629. The molecule has 0 amide bonds. The molecule has 0 radical (unpaired) electrons. The van der Waals surface area contributed by atoms with E-state index < -0.39 is 11.6 Å². The van der Waals surface area contributed by atoms with E-state index in [9.17, 15) is 8.78 Å². The van der Waals surface area contributed by atoms with Crippen LogP contribution in [-0.2, 0) is 0 Å². The fourth-order valence-corrected chi connectivity index (χ4v) is 6.34. The smallest absolute Gasteiger partial charge is 0.164 e. The molecule has 3 aliphatic rings. The fourth-order valence-electron chi connectivity index (χ4n) is 6.34. The van der Waals surface area contributed by atoms with Gasteiger partial charge in [-0.05, 0) is 48.3 Å². The summed E-state index contributed by atoms with van der Waals surface area (Å²) in [6.45, 7) is 0. The first-order valence-corrected chi connectivity index (χ1v) is 13.4. The highest BCUT2D eigenvalue weighted by Gasteiger charge is 2.35. The number of H-pyrrole nitrogens is 1. The summed E-state index contributed by atoms with van der Waals surface area (Å²) in [5.41, 5.74) is 4.84. The predicted octanol–water partition coefficient (Wildman–Crippen LogP) is 8.23. The van der Waals surface area contributed by atoms with E-state index in [0.29, 0.717) is 28.7 Å². The Kier molecular flexibility index (Phi) is 5.68. The molecule has 0 spiro atoms. The summed E-state index contributed by atoms with van der Waals surface area (Å²) in [6.07, 6.45) is 7.99. The Morgan fingerprint density at radius 3 is 2.26 bits per heavy atom. The highest BCUT2D eigenvalue weighted by molar-refractivity contribution is 5.94. The van der Waals surface area contributed by atoms with E-state index in [1.807, 2.05) is 24.3 Å². The number of halogens is 2. The van der Waals surface area contributed by atoms with Crippen LogP contribution in [0.5, 0.6) is 0 Å². The molecule has 4 nitrogen and oxygen atoms in total. The van der Waals surface area contributed by atoms with Gasteiger partial charge in [-0.25, -0.2) is 18.7 Å². The van der Waals surface area contributed by atoms with Crippen molar-refractivity contribution in [2.45, 2.75) is 38.1 Å². The maximum Gasteiger partial charge on any atom is 0.164 e. The van der Waals surface area contributed by atoms with E-state index in [2.05, 4.69) is 46.7 Å². The largest absolute Gasteiger partial charge is 0.367 e. The summed E-state index contributed by atoms with van der Waals surface area (Å²) in [5.74, 6) is 1.37. The minimum Gasteiger partial charge on any atom is -0.367 e. The summed E-state index contributed by atoms with van der Waals surface area (Å²) in [7, 11) is 0. The van der Waals surface area contributed by atoms with Gasteiger partial charge in [0.05, 0.1) is 11.2 Å². The van der Waals surface area contributed by atoms with Crippen LogP contribution in [0, 0.1) is 23.5 Å². The second kappa shape index (κ2) is 9.35. The van der Waals surface area contributed by atoms with E-state index in [-0.39, 0.29) is 5.52 Å². The Labute approximate surface area is 220 Å². The van der Waals surface area contributed by atoms with Gasteiger partial charge in [0.2, 0.25) is 0 Å². The molecule has 3 aliphatic carbocycles. The number of aromatic amines is 1. The van der Waals surface area contributed by atoms with Gasteiger partial charge in [0.25, 0.3) is 0 Å². The van der Waals surface area contributed by atoms with Crippen molar-refractivity contribution in [3.8, 4) is 33.8 Å². The third-order valence-corrected chi connectivity index (χ3v) is 8.34. The van der Waals surface area contributed by atoms with Crippen LogP contribution in [-0.4, -0.2) is 21.0 Å². The van der Waals surface area contributed by atoms with Crippen molar-refractivity contribution in [3.63, 3.8) is 0 Å². The van der Waals surface area contributed by atoms with Gasteiger partial charge in [-0.1, -0.05) is 67.4 Å². The molecule has 190 valence electrons. The summed E-state index contributed by atoms with van der Waals surface area (Å²) < 4.78 is 28.6. The summed E-state index contributed by atoms with van der Waals surface area (Å²) in [5, 5.41) is 4.16. The Morgan fingerprint density at radius 1 is 0.789 bits per heavy atom. The molecule has 6 heteroatoms. The van der Waals surface area contributed by atoms with Crippen LogP contribution >= 0.6 is 0 Å². The molecule has 0 unspecified atom stereocenters. The Bertz CT molecular complexity index is 1600. The van der Waals surface area contributed by atoms with Crippen molar-refractivity contribution in [2.24, 2.45) is 11.8 Å². The quantitative estimate of drug-likeness (QED) is 0.252. The van der Waals surface area contributed by atoms with Gasteiger partial charge in [0.15, 0.2) is 5.82 Å². The maximum atomic E-state index is 14.4. The average molecular weight is 507 g/mol. The zero-order valence-corrected chi connectivity index (χ0v) is 20.9. The second-order valence-corrected chi connectivity index (χ2v) is 10.7. The van der Waals surface area contributed by atoms with Crippen molar-refractivity contribution in [1.29, 1.82) is 0 Å². The van der Waals surface area contributed by atoms with E-state index >= 15 is 0 Å². The Balaban J connectivity index is 1.31. The summed E-state index contributed by atoms with van der Waals surface area (Å²) in [6, 6.07) is 23.2. The number of rotatable bonds is 5. The standard InChI is InChI=1S/C32H28F2N4/c33-24-15-25-26(18-35-31(25)27(34)16-24)32-37-29(23-12-10-21(11-13-23)20-4-2-1-3-5-20)17-30(38-32)36-28-14-19-6-8-22(28)9-7-19/h1-5,10-13,15-19,22,28,35H,6-9,14H2,(H,36,37,38)/t19?,22?,28-/m1/s1. The topological polar surface area (TPSA) is 53.6 Å². The van der Waals surface area contributed by atoms with Crippen molar-refractivity contribution in [1.82, 2.24) is 15.0 Å². The SMILES string of the molecule is Fc1cc(F)c2[nH]cc(-c3nc(N[C@@H]4CC5CCC4CC5)cc(-c4ccc(-c5ccccc5)cc4)n3)c2c1. The van der Waals surface area contributed by atoms with Gasteiger partial charge in [0.1, 0.15) is 17.5 Å². The molecular weight excluding hydrogens is 478 g/mol. The van der Waals surface area contributed by atoms with Gasteiger partial charge >= 0.3 is 0 Å². The maximum absolute atomic E-state index is 14.4. The highest BCUT2D eigenvalue weighted by Crippen LogP contribution is 2.42. The molecule has 38 heavy (non-hydrogen) atoms. The lowest BCUT2D eigenvalue weighted by Gasteiger charge is -2.42. The van der Waals surface area contributed by atoms with Crippen molar-refractivity contribution < 1.29 is 8.78 Å². The molecular formula is C32H28F2N4. The van der Waals surface area contributed by atoms with Gasteiger partial charge in [-0.3, -0.25) is 0 Å². The van der Waals surface area contributed by atoms with E-state index in [0.717, 1.165) is 46.6 Å². The predicted molar refractivity (Wildman–Crippen MR) is 148 cm³/mol. The third kappa shape index (κ3) is 4.24. The lowest BCUT2D eigenvalue weighted by atomic mass is 9.68. The van der Waals surface area contributed by atoms with Gasteiger partial charge in [-0.2, -0.15) is 0 Å². The molecule has 3 saturated carbocycles. The Hall–Kier alpha value is -4.06. The van der Waals surface area contributed by atoms with Crippen LogP contribution < -0.4 is 5.32 Å². The van der Waals surface area contributed by atoms with Gasteiger partial charge in [-0.15, -0.1) is 0 Å². The average Bonchev–Trinajstić information content (AvgIpc) is 3.38. The van der Waals surface area contributed by atoms with Crippen molar-refractivity contribution in [2.75, 3.05) is 5.32 Å². The highest BCUT2D eigenvalue weighted by atomic mass is 19.1. The summed E-state index contributed by atoms with van der Waals surface area (Å²) in [4.78, 5) is 12.7. The lowest BCUT2D eigenvalue weighted by molar-refractivity contribution is 0.157. The molecule has 8 rings (SSSR count). The van der Waals surface area contributed by atoms with E-state index in [4.69, 9.17) is 9.97 Å². The molecule has 0 aliphatic heterocycles. The first-order valence-electron chi connectivity index (χ1n) is 13.4. The van der Waals surface area contributed by atoms with Gasteiger partial charge < -0.3 is 10.3 Å². The van der Waals surface area contributed by atoms with Crippen LogP contribution in [0.3, 0.4) is 0 Å². The number of nitrogens with one attached hydrogen (secondary N) is 2. The van der Waals surface area contributed by atoms with Gasteiger partial charge in [0, 0.05) is 40.9 Å². The Morgan fingerprint density at radius 2 is 1.53 bits per heavy atom. The number of benzene rings is 3. The molecule has 3 fully saturated rings. The zero-order valence-electron chi connectivity index (χ0n) is 20.9. The number of hydrogen-bond acceptors (Lipinski definition) is 3. The third-order valence-electron chi connectivity index (χ3n) is 8.34. The van der Waals surface area contributed by atoms with E-state index in [1.54, 1.807) is 6.20 Å². The lowest BCUT2D eigenvalue weighted by Crippen LogP contribution is -2.40. The monoisotopic (exact) mass is 506 g/mol. The summed E-state index contributed by atoms with van der Waals surface area (Å²) >= 11 is 0. The van der Waals surface area contributed by atoms with Crippen molar-refractivity contribution >= 4 is 16.7 Å². The molecule has 2 heterocycles. The van der Waals surface area contributed by atoms with E-state index in [1.165, 1.54) is 31.7 Å². The number of aromatic nitrogens is 3. The fraction of sp³-hybridized carbons (Fsp3) is 0.250. The minimum absolute atomic E-state index is 0.252. The molecule has 2 aromatic heterocycles. The number of fused-ring (bicyclic) bond motifs is 4. The van der Waals surface area contributed by atoms with Crippen molar-refractivity contribution in [3.05, 3.63) is 90.6 Å². The van der Waals surface area contributed by atoms with Crippen LogP contribution in [0.15, 0.2) is 79.0 Å². The number of hydrogen-bond donors (Lipinski definition) is 2. The zero-order chi connectivity index (χ0) is 25.6. The van der Waals surface area contributed by atoms with Crippen LogP contribution in [0.1, 0.15) is 32.1 Å². The normalized spacial score (nSPS) is 20.6. The van der Waals surface area contributed by atoms with Crippen LogP contribution in [0.2, 0.25) is 0 Å². The van der Waals surface area contributed by atoms with Crippen LogP contribution in [0.25, 0.3) is 44.7 Å². The number of anilines is 1. The molecule has 1 atom stereocenters. The van der Waals surface area contributed by atoms with Crippen LogP contribution in [0.4, 0.5) is 14.6 Å². The molecule has 5 aromatic rings. The first kappa shape index (κ1) is 23.1. The molecule has 2 N–H and O–H groups in total. The molecule has 2 bridgehead atoms. The second-order valence-electron chi connectivity index (χ2n) is 10.7. The first-order chi connectivity index (χ1) is 18.6. The molecule has 0 saturated heterocycles. The number of nitrogens with zero attached hydrogens (tertiary/aromatic N) is 2. The molecule has 3 aromatic carbocycles.